The zero-order valence-electron chi connectivity index (χ0n) is 7.53. The normalized spacial score (nSPS) is 10.4. The average Bonchev–Trinajstić information content (AvgIpc) is 2.05. The van der Waals surface area contributed by atoms with Crippen molar-refractivity contribution in [3.63, 3.8) is 0 Å². The molecule has 0 radical (unpaired) electrons. The molecular weight excluding hydrogens is 150 g/mol. The Labute approximate surface area is 67.4 Å². The molecule has 0 aromatic heterocycles. The second kappa shape index (κ2) is 7.92. The van der Waals surface area contributed by atoms with Crippen molar-refractivity contribution < 1.29 is 13.9 Å². The smallest absolute Gasteiger partial charge is 0.248 e. The van der Waals surface area contributed by atoms with Gasteiger partial charge in [0.15, 0.2) is 0 Å². The van der Waals surface area contributed by atoms with Crippen molar-refractivity contribution in [2.24, 2.45) is 0 Å². The molecule has 11 heavy (non-hydrogen) atoms. The number of hydrogen-bond acceptors (Lipinski definition) is 1. The van der Waals surface area contributed by atoms with E-state index in [1.807, 2.05) is 13.8 Å². The Bertz CT molecular complexity index is 74.5. The maximum Gasteiger partial charge on any atom is 0.248 e. The van der Waals surface area contributed by atoms with Crippen LogP contribution in [0.4, 0.5) is 8.78 Å². The van der Waals surface area contributed by atoms with Gasteiger partial charge in [-0.3, -0.25) is 0 Å². The first-order valence-electron chi connectivity index (χ1n) is 4.11. The van der Waals surface area contributed by atoms with E-state index in [2.05, 4.69) is 0 Å². The molecule has 0 aliphatic heterocycles. The van der Waals surface area contributed by atoms with Crippen molar-refractivity contribution >= 4 is 0 Å². The predicted molar refractivity (Wildman–Crippen MR) is 42.9 cm³/mol. The molecule has 0 atom stereocenters. The fraction of sp³-hybridized carbons (Fsp3) is 1.00. The molecule has 0 aliphatic carbocycles. The summed E-state index contributed by atoms with van der Waals surface area (Å²) < 4.78 is 24.5. The Kier molecular flexibility index (Phi) is 9.66. The zero-order valence-corrected chi connectivity index (χ0v) is 7.53. The van der Waals surface area contributed by atoms with Crippen LogP contribution >= 0.6 is 0 Å². The molecule has 0 bridgehead atoms. The molecule has 3 heteroatoms. The molecule has 0 unspecified atom stereocenters. The van der Waals surface area contributed by atoms with Crippen molar-refractivity contribution in [3.8, 4) is 0 Å². The van der Waals surface area contributed by atoms with Gasteiger partial charge in [0.25, 0.3) is 0 Å². The van der Waals surface area contributed by atoms with Crippen LogP contribution in [0.2, 0.25) is 0 Å². The molecule has 0 fully saturated rings. The minimum Gasteiger partial charge on any atom is -0.396 e. The molecule has 1 N–H and O–H groups in total. The molecule has 0 saturated carbocycles. The Morgan fingerprint density at radius 3 is 2.00 bits per heavy atom. The van der Waals surface area contributed by atoms with Crippen molar-refractivity contribution in [3.05, 3.63) is 0 Å². The summed E-state index contributed by atoms with van der Waals surface area (Å²) >= 11 is 0. The Morgan fingerprint density at radius 2 is 1.73 bits per heavy atom. The lowest BCUT2D eigenvalue weighted by Gasteiger charge is -2.11. The number of alkyl halides is 2. The molecule has 0 aromatic rings. The van der Waals surface area contributed by atoms with E-state index in [0.29, 0.717) is 0 Å². The molecule has 0 aromatic carbocycles. The minimum atomic E-state index is -2.57. The highest BCUT2D eigenvalue weighted by atomic mass is 19.3. The van der Waals surface area contributed by atoms with E-state index >= 15 is 0 Å². The highest BCUT2D eigenvalue weighted by molar-refractivity contribution is 4.62. The summed E-state index contributed by atoms with van der Waals surface area (Å²) in [4.78, 5) is 0. The molecule has 70 valence electrons. The van der Waals surface area contributed by atoms with E-state index in [-0.39, 0.29) is 25.9 Å². The minimum absolute atomic E-state index is 0.132. The van der Waals surface area contributed by atoms with E-state index in [1.165, 1.54) is 6.92 Å². The first-order valence-corrected chi connectivity index (χ1v) is 4.11. The monoisotopic (exact) mass is 168 g/mol. The lowest BCUT2D eigenvalue weighted by Crippen LogP contribution is -2.14. The molecule has 0 rings (SSSR count). The quantitative estimate of drug-likeness (QED) is 0.684. The average molecular weight is 168 g/mol. The predicted octanol–water partition coefficient (Wildman–Crippen LogP) is 2.83. The molecule has 1 nitrogen and oxygen atoms in total. The first-order chi connectivity index (χ1) is 5.12. The van der Waals surface area contributed by atoms with Gasteiger partial charge in [-0.1, -0.05) is 20.8 Å². The van der Waals surface area contributed by atoms with Gasteiger partial charge in [0.05, 0.1) is 0 Å². The van der Waals surface area contributed by atoms with E-state index in [4.69, 9.17) is 5.11 Å². The van der Waals surface area contributed by atoms with Gasteiger partial charge in [-0.15, -0.1) is 0 Å². The van der Waals surface area contributed by atoms with Crippen LogP contribution in [0.3, 0.4) is 0 Å². The number of aliphatic hydroxyl groups excluding tert-OH is 1. The van der Waals surface area contributed by atoms with Gasteiger partial charge in [-0.05, 0) is 6.42 Å². The highest BCUT2D eigenvalue weighted by Gasteiger charge is 2.24. The molecule has 0 amide bonds. The molecule has 0 heterocycles. The Balaban J connectivity index is 0. The maximum absolute atomic E-state index is 12.2. The van der Waals surface area contributed by atoms with Crippen molar-refractivity contribution in [2.45, 2.75) is 46.0 Å². The van der Waals surface area contributed by atoms with Crippen LogP contribution in [-0.4, -0.2) is 17.6 Å². The fourth-order valence-electron chi connectivity index (χ4n) is 0.514. The maximum atomic E-state index is 12.2. The Morgan fingerprint density at radius 1 is 1.27 bits per heavy atom. The van der Waals surface area contributed by atoms with Crippen LogP contribution in [0.15, 0.2) is 0 Å². The lowest BCUT2D eigenvalue weighted by molar-refractivity contribution is -0.0166. The Hall–Kier alpha value is -0.180. The van der Waals surface area contributed by atoms with Gasteiger partial charge in [-0.2, -0.15) is 0 Å². The van der Waals surface area contributed by atoms with Gasteiger partial charge in [-0.25, -0.2) is 8.78 Å². The summed E-state index contributed by atoms with van der Waals surface area (Å²) in [5.74, 6) is -2.57. The van der Waals surface area contributed by atoms with Gasteiger partial charge >= 0.3 is 0 Å². The zero-order chi connectivity index (χ0) is 9.33. The topological polar surface area (TPSA) is 20.2 Å². The van der Waals surface area contributed by atoms with Crippen LogP contribution in [0, 0.1) is 0 Å². The standard InChI is InChI=1S/C6H12F2O.C2H6/c1-2-6(7,8)4-3-5-9;1-2/h9H,2-5H2,1H3;1-2H3. The third-order valence-corrected chi connectivity index (χ3v) is 1.22. The first kappa shape index (κ1) is 13.4. The molecule has 0 aliphatic rings. The van der Waals surface area contributed by atoms with Gasteiger partial charge < -0.3 is 5.11 Å². The summed E-state index contributed by atoms with van der Waals surface area (Å²) in [5, 5.41) is 8.19. The van der Waals surface area contributed by atoms with E-state index in [0.717, 1.165) is 0 Å². The molecule has 0 spiro atoms. The van der Waals surface area contributed by atoms with E-state index < -0.39 is 5.92 Å². The SMILES string of the molecule is CC.CCC(F)(F)CCCO. The van der Waals surface area contributed by atoms with Crippen molar-refractivity contribution in [1.82, 2.24) is 0 Å². The van der Waals surface area contributed by atoms with Gasteiger partial charge in [0.1, 0.15) is 0 Å². The van der Waals surface area contributed by atoms with Crippen LogP contribution in [0.25, 0.3) is 0 Å². The van der Waals surface area contributed by atoms with Crippen molar-refractivity contribution in [2.75, 3.05) is 6.61 Å². The second-order valence-corrected chi connectivity index (χ2v) is 2.04. The molecule has 0 saturated heterocycles. The largest absolute Gasteiger partial charge is 0.396 e. The number of hydrogen-bond donors (Lipinski definition) is 1. The summed E-state index contributed by atoms with van der Waals surface area (Å²) in [6.45, 7) is 5.30. The third kappa shape index (κ3) is 9.82. The van der Waals surface area contributed by atoms with Crippen LogP contribution in [-0.2, 0) is 0 Å². The summed E-state index contributed by atoms with van der Waals surface area (Å²) in [5.41, 5.74) is 0. The lowest BCUT2D eigenvalue weighted by atomic mass is 10.1. The summed E-state index contributed by atoms with van der Waals surface area (Å²) in [6, 6.07) is 0. The van der Waals surface area contributed by atoms with E-state index in [1.54, 1.807) is 0 Å². The van der Waals surface area contributed by atoms with Gasteiger partial charge in [0.2, 0.25) is 5.92 Å². The molecular formula is C8H18F2O. The van der Waals surface area contributed by atoms with Crippen LogP contribution < -0.4 is 0 Å². The van der Waals surface area contributed by atoms with Crippen molar-refractivity contribution in [1.29, 1.82) is 0 Å². The van der Waals surface area contributed by atoms with Crippen LogP contribution in [0.5, 0.6) is 0 Å². The number of halogens is 2. The van der Waals surface area contributed by atoms with Gasteiger partial charge in [0, 0.05) is 19.4 Å². The summed E-state index contributed by atoms with van der Waals surface area (Å²) in [6.07, 6.45) is -0.131. The van der Waals surface area contributed by atoms with Crippen LogP contribution in [0.1, 0.15) is 40.0 Å². The third-order valence-electron chi connectivity index (χ3n) is 1.22. The van der Waals surface area contributed by atoms with E-state index in [9.17, 15) is 8.78 Å². The highest BCUT2D eigenvalue weighted by Crippen LogP contribution is 2.23. The number of aliphatic hydroxyl groups is 1. The fourth-order valence-corrected chi connectivity index (χ4v) is 0.514. The number of rotatable bonds is 4. The summed E-state index contributed by atoms with van der Waals surface area (Å²) in [7, 11) is 0. The second-order valence-electron chi connectivity index (χ2n) is 2.04.